The van der Waals surface area contributed by atoms with Crippen LogP contribution in [0.1, 0.15) is 112 Å². The van der Waals surface area contributed by atoms with E-state index in [1.165, 1.54) is 25.8 Å². The number of hydrogen-bond acceptors (Lipinski definition) is 12. The van der Waals surface area contributed by atoms with Gasteiger partial charge in [0.05, 0.1) is 19.2 Å². The average molecular weight is 1080 g/mol. The second kappa shape index (κ2) is 32.7. The molecular weight excluding hydrogens is 994 g/mol. The molecule has 2 rings (SSSR count). The summed E-state index contributed by atoms with van der Waals surface area (Å²) in [6.07, 6.45) is 0.692. The summed E-state index contributed by atoms with van der Waals surface area (Å²) in [5.41, 5.74) is 11.6. The first-order chi connectivity index (χ1) is 35.3. The normalized spacial score (nSPS) is 16.3. The summed E-state index contributed by atoms with van der Waals surface area (Å²) >= 11 is 6.21. The van der Waals surface area contributed by atoms with Gasteiger partial charge in [-0.3, -0.25) is 52.9 Å². The number of aliphatic hydroxyl groups is 1. The fraction of sp³-hybridized carbons (Fsp3) is 0.660. The first kappa shape index (κ1) is 64.6. The van der Waals surface area contributed by atoms with Crippen LogP contribution in [0.3, 0.4) is 0 Å². The Labute approximate surface area is 445 Å². The molecule has 0 aliphatic carbocycles. The zero-order valence-corrected chi connectivity index (χ0v) is 45.6. The number of nitrogens with two attached hydrogens (primary N) is 2. The average Bonchev–Trinajstić information content (AvgIpc) is 3.84. The number of rotatable bonds is 31. The van der Waals surface area contributed by atoms with E-state index in [4.69, 9.17) is 23.1 Å². The van der Waals surface area contributed by atoms with Crippen LogP contribution in [0.2, 0.25) is 5.02 Å². The molecule has 0 radical (unpaired) electrons. The van der Waals surface area contributed by atoms with Crippen LogP contribution >= 0.6 is 11.6 Å². The summed E-state index contributed by atoms with van der Waals surface area (Å²) in [5, 5.41) is 32.4. The SMILES string of the molecule is CCC[C@H](NC(=O)[C@@H](NC(=O)[C@@H](CC(C)C)NC(=O)[C@H](Cc1cccc(Cl)c1)NC(=O)CNC(=O)CN(C)C(C)=O)[C@@H](C)O)C(=O)N[C@H](C(=O)N[C@@H](CCCN=C(N)N)C(=O)N1CCC[C@H]1C(=O)NCC)[C@@H](C)CC. The van der Waals surface area contributed by atoms with E-state index < -0.39 is 108 Å². The molecule has 1 aromatic rings. The number of nitrogens with zero attached hydrogens (tertiary/aromatic N) is 3. The van der Waals surface area contributed by atoms with Crippen molar-refractivity contribution < 1.29 is 53.1 Å². The maximum Gasteiger partial charge on any atom is 0.245 e. The fourth-order valence-corrected chi connectivity index (χ4v) is 8.36. The molecule has 1 aliphatic rings. The number of halogens is 1. The molecule has 10 amide bonds. The van der Waals surface area contributed by atoms with Gasteiger partial charge in [-0.25, -0.2) is 0 Å². The smallest absolute Gasteiger partial charge is 0.245 e. The Morgan fingerprint density at radius 1 is 0.787 bits per heavy atom. The predicted octanol–water partition coefficient (Wildman–Crippen LogP) is -1.16. The van der Waals surface area contributed by atoms with Crippen LogP contribution in [0, 0.1) is 11.8 Å². The maximum absolute atomic E-state index is 14.2. The fourth-order valence-electron chi connectivity index (χ4n) is 8.14. The third kappa shape index (κ3) is 22.4. The number of hydrogen-bond donors (Lipinski definition) is 11. The Balaban J connectivity index is 2.35. The van der Waals surface area contributed by atoms with E-state index in [-0.39, 0.29) is 62.5 Å². The van der Waals surface area contributed by atoms with Crippen LogP contribution in [0.5, 0.6) is 0 Å². The van der Waals surface area contributed by atoms with Gasteiger partial charge in [-0.05, 0) is 81.9 Å². The van der Waals surface area contributed by atoms with E-state index in [0.717, 1.165) is 4.90 Å². The highest BCUT2D eigenvalue weighted by Crippen LogP contribution is 2.21. The first-order valence-electron chi connectivity index (χ1n) is 25.7. The van der Waals surface area contributed by atoms with Crippen LogP contribution in [0.4, 0.5) is 0 Å². The van der Waals surface area contributed by atoms with Crippen LogP contribution < -0.4 is 54.0 Å². The molecular formula is C50H82ClN13O11. The lowest BCUT2D eigenvalue weighted by Gasteiger charge is -2.31. The van der Waals surface area contributed by atoms with Crippen molar-refractivity contribution in [3.63, 3.8) is 0 Å². The van der Waals surface area contributed by atoms with Crippen molar-refractivity contribution in [2.75, 3.05) is 39.8 Å². The largest absolute Gasteiger partial charge is 0.391 e. The highest BCUT2D eigenvalue weighted by Gasteiger charge is 2.40. The summed E-state index contributed by atoms with van der Waals surface area (Å²) in [6, 6.07) is -2.07. The minimum absolute atomic E-state index is 0.0404. The maximum atomic E-state index is 14.2. The van der Waals surface area contributed by atoms with Crippen LogP contribution in [0.25, 0.3) is 0 Å². The number of nitrogens with one attached hydrogen (secondary N) is 8. The Bertz CT molecular complexity index is 2160. The van der Waals surface area contributed by atoms with E-state index in [1.54, 1.807) is 58.9 Å². The Morgan fingerprint density at radius 2 is 1.40 bits per heavy atom. The quantitative estimate of drug-likeness (QED) is 0.0238. The molecule has 9 atom stereocenters. The van der Waals surface area contributed by atoms with Crippen molar-refractivity contribution in [2.45, 2.75) is 162 Å². The second-order valence-corrected chi connectivity index (χ2v) is 19.8. The molecule has 1 aliphatic heterocycles. The van der Waals surface area contributed by atoms with Gasteiger partial charge in [0, 0.05) is 45.0 Å². The molecule has 1 aromatic carbocycles. The zero-order chi connectivity index (χ0) is 56.5. The summed E-state index contributed by atoms with van der Waals surface area (Å²) < 4.78 is 0. The van der Waals surface area contributed by atoms with Gasteiger partial charge in [0.2, 0.25) is 59.1 Å². The van der Waals surface area contributed by atoms with Gasteiger partial charge in [-0.1, -0.05) is 71.2 Å². The topological polar surface area (TPSA) is 358 Å². The zero-order valence-electron chi connectivity index (χ0n) is 44.9. The molecule has 1 saturated heterocycles. The third-order valence-corrected chi connectivity index (χ3v) is 12.7. The van der Waals surface area contributed by atoms with Crippen LogP contribution in [-0.4, -0.2) is 168 Å². The molecule has 25 heteroatoms. The third-order valence-electron chi connectivity index (χ3n) is 12.5. The highest BCUT2D eigenvalue weighted by atomic mass is 35.5. The van der Waals surface area contributed by atoms with Crippen molar-refractivity contribution in [3.8, 4) is 0 Å². The van der Waals surface area contributed by atoms with E-state index in [0.29, 0.717) is 55.8 Å². The summed E-state index contributed by atoms with van der Waals surface area (Å²) in [5.74, 6) is -7.43. The minimum Gasteiger partial charge on any atom is -0.391 e. The van der Waals surface area contributed by atoms with Gasteiger partial charge in [-0.15, -0.1) is 0 Å². The number of aliphatic imine (C=N–C) groups is 1. The standard InChI is InChI=1S/C50H82ClN13O11/c1-10-16-34(43(69)61-41(29(6)11-2)47(73)59-35(19-14-21-55-50(52)53)49(75)64-22-15-20-38(64)46(72)54-12-3)58-48(74)42(30(7)65)62-45(71)36(23-28(4)5)60-44(70)37(25-32-17-13-18-33(51)24-32)57-39(67)26-56-40(68)27-63(9)31(8)66/h13,17-18,24,28-30,34-38,41-42,65H,10-12,14-16,19-23,25-27H2,1-9H3,(H,54,72)(H,56,68)(H,57,67)(H,58,74)(H,59,73)(H,60,70)(H,61,69)(H,62,71)(H4,52,53,55)/t29-,30+,34-,35-,36+,37-,38-,41-,42-/m0/s1. The molecule has 24 nitrogen and oxygen atoms in total. The first-order valence-corrected chi connectivity index (χ1v) is 26.1. The summed E-state index contributed by atoms with van der Waals surface area (Å²) in [4.78, 5) is 141. The van der Waals surface area contributed by atoms with Crippen LogP contribution in [-0.2, 0) is 54.4 Å². The van der Waals surface area contributed by atoms with Crippen molar-refractivity contribution in [2.24, 2.45) is 28.3 Å². The van der Waals surface area contributed by atoms with E-state index in [1.807, 2.05) is 6.92 Å². The molecule has 0 bridgehead atoms. The van der Waals surface area contributed by atoms with Gasteiger partial charge in [0.25, 0.3) is 0 Å². The van der Waals surface area contributed by atoms with Crippen molar-refractivity contribution in [3.05, 3.63) is 34.9 Å². The molecule has 1 fully saturated rings. The number of amides is 10. The van der Waals surface area contributed by atoms with Crippen LogP contribution in [0.15, 0.2) is 29.3 Å². The van der Waals surface area contributed by atoms with Gasteiger partial charge >= 0.3 is 0 Å². The van der Waals surface area contributed by atoms with E-state index in [9.17, 15) is 53.1 Å². The molecule has 1 heterocycles. The van der Waals surface area contributed by atoms with E-state index in [2.05, 4.69) is 47.5 Å². The summed E-state index contributed by atoms with van der Waals surface area (Å²) in [7, 11) is 1.41. The Morgan fingerprint density at radius 3 is 1.99 bits per heavy atom. The van der Waals surface area contributed by atoms with Gasteiger partial charge in [0.1, 0.15) is 42.3 Å². The molecule has 0 saturated carbocycles. The lowest BCUT2D eigenvalue weighted by atomic mass is 9.96. The minimum atomic E-state index is -1.66. The molecule has 75 heavy (non-hydrogen) atoms. The number of carbonyl (C=O) groups excluding carboxylic acids is 10. The second-order valence-electron chi connectivity index (χ2n) is 19.3. The lowest BCUT2D eigenvalue weighted by Crippen LogP contribution is -2.62. The number of aliphatic hydroxyl groups excluding tert-OH is 1. The monoisotopic (exact) mass is 1080 g/mol. The number of guanidine groups is 1. The van der Waals surface area contributed by atoms with Crippen molar-refractivity contribution in [1.29, 1.82) is 0 Å². The predicted molar refractivity (Wildman–Crippen MR) is 282 cm³/mol. The Hall–Kier alpha value is -6.56. The van der Waals surface area contributed by atoms with Gasteiger partial charge in [-0.2, -0.15) is 0 Å². The molecule has 0 aromatic heterocycles. The highest BCUT2D eigenvalue weighted by molar-refractivity contribution is 6.30. The van der Waals surface area contributed by atoms with Crippen molar-refractivity contribution >= 4 is 76.6 Å². The number of carbonyl (C=O) groups is 10. The molecule has 13 N–H and O–H groups in total. The number of benzene rings is 1. The lowest BCUT2D eigenvalue weighted by molar-refractivity contribution is -0.142. The van der Waals surface area contributed by atoms with Gasteiger partial charge in [0.15, 0.2) is 5.96 Å². The molecule has 420 valence electrons. The molecule has 0 unspecified atom stereocenters. The molecule has 0 spiro atoms. The number of likely N-dealkylation sites (tertiary alicyclic amines) is 1. The summed E-state index contributed by atoms with van der Waals surface area (Å²) in [6.45, 7) is 13.1. The van der Waals surface area contributed by atoms with Gasteiger partial charge < -0.3 is 68.9 Å². The van der Waals surface area contributed by atoms with E-state index >= 15 is 0 Å². The van der Waals surface area contributed by atoms with Crippen molar-refractivity contribution in [1.82, 2.24) is 52.3 Å². The number of likely N-dealkylation sites (N-methyl/N-ethyl adjacent to an activating group) is 2. The Kier molecular flexibility index (Phi) is 28.1.